The Bertz CT molecular complexity index is 554. The van der Waals surface area contributed by atoms with Crippen LogP contribution in [0.15, 0.2) is 22.6 Å². The lowest BCUT2D eigenvalue weighted by Gasteiger charge is -2.07. The first-order chi connectivity index (χ1) is 9.78. The van der Waals surface area contributed by atoms with Crippen molar-refractivity contribution in [3.63, 3.8) is 0 Å². The van der Waals surface area contributed by atoms with Crippen molar-refractivity contribution in [3.05, 3.63) is 24.1 Å². The average Bonchev–Trinajstić information content (AvgIpc) is 2.95. The van der Waals surface area contributed by atoms with Crippen LogP contribution < -0.4 is 14.8 Å². The number of nitrogens with zero attached hydrogens (tertiary/aromatic N) is 2. The van der Waals surface area contributed by atoms with Crippen molar-refractivity contribution in [3.8, 4) is 23.0 Å². The van der Waals surface area contributed by atoms with Crippen LogP contribution in [-0.4, -0.2) is 31.0 Å². The van der Waals surface area contributed by atoms with Crippen LogP contribution in [-0.2, 0) is 6.54 Å². The van der Waals surface area contributed by atoms with E-state index >= 15 is 0 Å². The Morgan fingerprint density at radius 1 is 1.15 bits per heavy atom. The Kier molecular flexibility index (Phi) is 4.95. The molecule has 0 saturated carbocycles. The molecular weight excluding hydrogens is 258 g/mol. The highest BCUT2D eigenvalue weighted by molar-refractivity contribution is 5.59. The minimum absolute atomic E-state index is 0.472. The summed E-state index contributed by atoms with van der Waals surface area (Å²) in [4.78, 5) is 0. The number of methoxy groups -OCH3 is 2. The molecule has 0 bridgehead atoms. The molecule has 108 valence electrons. The van der Waals surface area contributed by atoms with E-state index in [1.54, 1.807) is 14.2 Å². The molecule has 0 saturated heterocycles. The van der Waals surface area contributed by atoms with E-state index in [1.165, 1.54) is 0 Å². The van der Waals surface area contributed by atoms with E-state index in [2.05, 4.69) is 22.4 Å². The molecule has 0 amide bonds. The number of rotatable bonds is 7. The average molecular weight is 277 g/mol. The summed E-state index contributed by atoms with van der Waals surface area (Å²) >= 11 is 0. The third-order valence-corrected chi connectivity index (χ3v) is 2.80. The minimum Gasteiger partial charge on any atom is -0.493 e. The van der Waals surface area contributed by atoms with Crippen molar-refractivity contribution in [2.75, 3.05) is 20.8 Å². The van der Waals surface area contributed by atoms with Crippen LogP contribution in [0.4, 0.5) is 0 Å². The molecule has 0 aliphatic rings. The Morgan fingerprint density at radius 2 is 1.95 bits per heavy atom. The number of hydrogen-bond acceptors (Lipinski definition) is 6. The van der Waals surface area contributed by atoms with E-state index in [0.717, 1.165) is 18.5 Å². The van der Waals surface area contributed by atoms with Crippen molar-refractivity contribution in [2.24, 2.45) is 0 Å². The lowest BCUT2D eigenvalue weighted by atomic mass is 10.2. The Hall–Kier alpha value is -2.08. The standard InChI is InChI=1S/C14H19N3O3/c1-4-7-15-9-13-16-17-14(20-13)10-5-6-11(18-2)12(8-10)19-3/h5-6,8,15H,4,7,9H2,1-3H3. The molecule has 1 heterocycles. The molecule has 0 aliphatic carbocycles. The first-order valence-corrected chi connectivity index (χ1v) is 6.54. The van der Waals surface area contributed by atoms with Gasteiger partial charge in [-0.1, -0.05) is 6.92 Å². The maximum Gasteiger partial charge on any atom is 0.247 e. The molecular formula is C14H19N3O3. The molecule has 0 unspecified atom stereocenters. The molecule has 0 spiro atoms. The lowest BCUT2D eigenvalue weighted by Crippen LogP contribution is -2.13. The molecule has 6 nitrogen and oxygen atoms in total. The van der Waals surface area contributed by atoms with Gasteiger partial charge in [0.2, 0.25) is 11.8 Å². The number of nitrogens with one attached hydrogen (secondary N) is 1. The summed E-state index contributed by atoms with van der Waals surface area (Å²) in [5.74, 6) is 2.34. The third kappa shape index (κ3) is 3.27. The Morgan fingerprint density at radius 3 is 2.65 bits per heavy atom. The number of aromatic nitrogens is 2. The quantitative estimate of drug-likeness (QED) is 0.783. The number of benzene rings is 1. The summed E-state index contributed by atoms with van der Waals surface area (Å²) in [6.45, 7) is 3.61. The fraction of sp³-hybridized carbons (Fsp3) is 0.429. The van der Waals surface area contributed by atoms with Gasteiger partial charge in [0.05, 0.1) is 20.8 Å². The van der Waals surface area contributed by atoms with Crippen LogP contribution in [0.5, 0.6) is 11.5 Å². The van der Waals surface area contributed by atoms with Crippen molar-refractivity contribution < 1.29 is 13.9 Å². The smallest absolute Gasteiger partial charge is 0.247 e. The lowest BCUT2D eigenvalue weighted by molar-refractivity contribution is 0.355. The summed E-state index contributed by atoms with van der Waals surface area (Å²) in [5, 5.41) is 11.3. The zero-order valence-corrected chi connectivity index (χ0v) is 12.0. The van der Waals surface area contributed by atoms with Gasteiger partial charge in [-0.2, -0.15) is 0 Å². The highest BCUT2D eigenvalue weighted by Crippen LogP contribution is 2.31. The topological polar surface area (TPSA) is 69.4 Å². The summed E-state index contributed by atoms with van der Waals surface area (Å²) in [6, 6.07) is 5.49. The van der Waals surface area contributed by atoms with Crippen LogP contribution >= 0.6 is 0 Å². The first kappa shape index (κ1) is 14.3. The minimum atomic E-state index is 0.472. The second-order valence-electron chi connectivity index (χ2n) is 4.25. The predicted octanol–water partition coefficient (Wildman–Crippen LogP) is 2.25. The van der Waals surface area contributed by atoms with Gasteiger partial charge in [0, 0.05) is 5.56 Å². The van der Waals surface area contributed by atoms with Gasteiger partial charge in [-0.05, 0) is 31.2 Å². The zero-order valence-electron chi connectivity index (χ0n) is 12.0. The molecule has 0 fully saturated rings. The van der Waals surface area contributed by atoms with E-state index in [1.807, 2.05) is 18.2 Å². The second-order valence-corrected chi connectivity index (χ2v) is 4.25. The molecule has 6 heteroatoms. The van der Waals surface area contributed by atoms with Crippen LogP contribution in [0, 0.1) is 0 Å². The molecule has 0 atom stereocenters. The fourth-order valence-corrected chi connectivity index (χ4v) is 1.78. The van der Waals surface area contributed by atoms with Crippen molar-refractivity contribution in [1.29, 1.82) is 0 Å². The summed E-state index contributed by atoms with van der Waals surface area (Å²) < 4.78 is 16.1. The maximum absolute atomic E-state index is 5.61. The molecule has 1 aromatic carbocycles. The molecule has 2 aromatic rings. The van der Waals surface area contributed by atoms with Gasteiger partial charge in [0.25, 0.3) is 0 Å². The van der Waals surface area contributed by atoms with Gasteiger partial charge in [0.15, 0.2) is 11.5 Å². The third-order valence-electron chi connectivity index (χ3n) is 2.80. The molecule has 2 rings (SSSR count). The van der Waals surface area contributed by atoms with Crippen molar-refractivity contribution in [2.45, 2.75) is 19.9 Å². The van der Waals surface area contributed by atoms with Gasteiger partial charge in [-0.15, -0.1) is 10.2 Å². The van der Waals surface area contributed by atoms with Gasteiger partial charge < -0.3 is 19.2 Å². The zero-order chi connectivity index (χ0) is 14.4. The van der Waals surface area contributed by atoms with Crippen molar-refractivity contribution in [1.82, 2.24) is 15.5 Å². The monoisotopic (exact) mass is 277 g/mol. The summed E-state index contributed by atoms with van der Waals surface area (Å²) in [5.41, 5.74) is 0.803. The Balaban J connectivity index is 2.15. The predicted molar refractivity (Wildman–Crippen MR) is 74.8 cm³/mol. The molecule has 0 aliphatic heterocycles. The van der Waals surface area contributed by atoms with Gasteiger partial charge in [0.1, 0.15) is 0 Å². The summed E-state index contributed by atoms with van der Waals surface area (Å²) in [7, 11) is 3.19. The maximum atomic E-state index is 5.61. The second kappa shape index (κ2) is 6.91. The van der Waals surface area contributed by atoms with Crippen LogP contribution in [0.25, 0.3) is 11.5 Å². The van der Waals surface area contributed by atoms with Gasteiger partial charge >= 0.3 is 0 Å². The van der Waals surface area contributed by atoms with Crippen LogP contribution in [0.1, 0.15) is 19.2 Å². The van der Waals surface area contributed by atoms with E-state index in [9.17, 15) is 0 Å². The van der Waals surface area contributed by atoms with Crippen LogP contribution in [0.3, 0.4) is 0 Å². The number of hydrogen-bond donors (Lipinski definition) is 1. The van der Waals surface area contributed by atoms with Crippen molar-refractivity contribution >= 4 is 0 Å². The molecule has 1 N–H and O–H groups in total. The van der Waals surface area contributed by atoms with E-state index in [0.29, 0.717) is 29.8 Å². The highest BCUT2D eigenvalue weighted by Gasteiger charge is 2.11. The number of ether oxygens (including phenoxy) is 2. The van der Waals surface area contributed by atoms with Gasteiger partial charge in [-0.25, -0.2) is 0 Å². The van der Waals surface area contributed by atoms with Gasteiger partial charge in [-0.3, -0.25) is 0 Å². The van der Waals surface area contributed by atoms with E-state index in [-0.39, 0.29) is 0 Å². The first-order valence-electron chi connectivity index (χ1n) is 6.54. The fourth-order valence-electron chi connectivity index (χ4n) is 1.78. The Labute approximate surface area is 118 Å². The molecule has 20 heavy (non-hydrogen) atoms. The summed E-state index contributed by atoms with van der Waals surface area (Å²) in [6.07, 6.45) is 1.07. The SMILES string of the molecule is CCCNCc1nnc(-c2ccc(OC)c(OC)c2)o1. The molecule has 0 radical (unpaired) electrons. The van der Waals surface area contributed by atoms with E-state index in [4.69, 9.17) is 13.9 Å². The largest absolute Gasteiger partial charge is 0.493 e. The highest BCUT2D eigenvalue weighted by atomic mass is 16.5. The normalized spacial score (nSPS) is 10.6. The van der Waals surface area contributed by atoms with E-state index < -0.39 is 0 Å². The van der Waals surface area contributed by atoms with Crippen LogP contribution in [0.2, 0.25) is 0 Å². The molecule has 1 aromatic heterocycles.